The van der Waals surface area contributed by atoms with Crippen LogP contribution >= 0.6 is 0 Å². The summed E-state index contributed by atoms with van der Waals surface area (Å²) in [5.74, 6) is -0.934. The highest BCUT2D eigenvalue weighted by atomic mass is 16.6. The molecule has 0 aromatic heterocycles. The minimum atomic E-state index is -0.794. The molecule has 0 heterocycles. The Morgan fingerprint density at radius 2 is 0.606 bits per heavy atom. The molecule has 378 valence electrons. The van der Waals surface area contributed by atoms with Gasteiger partial charge in [0, 0.05) is 19.3 Å². The first-order valence-electron chi connectivity index (χ1n) is 27.6. The number of carbonyl (C=O) groups excluding carboxylic acids is 3. The zero-order valence-corrected chi connectivity index (χ0v) is 43.2. The van der Waals surface area contributed by atoms with Crippen LogP contribution in [0.2, 0.25) is 0 Å². The summed E-state index contributed by atoms with van der Waals surface area (Å²) in [5, 5.41) is 0. The lowest BCUT2D eigenvalue weighted by Crippen LogP contribution is -2.30. The normalized spacial score (nSPS) is 12.7. The summed E-state index contributed by atoms with van der Waals surface area (Å²) >= 11 is 0. The van der Waals surface area contributed by atoms with Crippen molar-refractivity contribution < 1.29 is 28.6 Å². The summed E-state index contributed by atoms with van der Waals surface area (Å²) in [6.07, 6.45) is 69.9. The molecule has 1 atom stereocenters. The average molecular weight is 919 g/mol. The van der Waals surface area contributed by atoms with Crippen LogP contribution in [0, 0.1) is 0 Å². The van der Waals surface area contributed by atoms with Crippen molar-refractivity contribution in [2.24, 2.45) is 0 Å². The van der Waals surface area contributed by atoms with E-state index < -0.39 is 6.10 Å². The van der Waals surface area contributed by atoms with Crippen molar-refractivity contribution in [1.82, 2.24) is 0 Å². The molecule has 6 heteroatoms. The second-order valence-corrected chi connectivity index (χ2v) is 18.1. The minimum Gasteiger partial charge on any atom is -0.462 e. The van der Waals surface area contributed by atoms with Crippen LogP contribution in [0.3, 0.4) is 0 Å². The molecule has 0 bridgehead atoms. The fourth-order valence-corrected chi connectivity index (χ4v) is 7.49. The summed E-state index contributed by atoms with van der Waals surface area (Å²) in [6, 6.07) is 0. The third kappa shape index (κ3) is 51.6. The van der Waals surface area contributed by atoms with E-state index >= 15 is 0 Å². The number of hydrogen-bond donors (Lipinski definition) is 0. The molecule has 0 unspecified atom stereocenters. The highest BCUT2D eigenvalue weighted by Gasteiger charge is 2.19. The molecule has 0 radical (unpaired) electrons. The number of hydrogen-bond acceptors (Lipinski definition) is 6. The van der Waals surface area contributed by atoms with Crippen molar-refractivity contribution in [2.45, 2.75) is 264 Å². The molecule has 0 spiro atoms. The zero-order chi connectivity index (χ0) is 47.9. The number of carbonyl (C=O) groups is 3. The Hall–Kier alpha value is -3.41. The number of esters is 3. The third-order valence-electron chi connectivity index (χ3n) is 11.6. The van der Waals surface area contributed by atoms with Crippen LogP contribution in [-0.4, -0.2) is 37.2 Å². The molecular formula is C60H102O6. The van der Waals surface area contributed by atoms with Gasteiger partial charge in [-0.15, -0.1) is 0 Å². The maximum Gasteiger partial charge on any atom is 0.306 e. The Morgan fingerprint density at radius 3 is 0.985 bits per heavy atom. The van der Waals surface area contributed by atoms with Crippen molar-refractivity contribution in [2.75, 3.05) is 13.2 Å². The molecule has 0 rings (SSSR count). The van der Waals surface area contributed by atoms with Crippen LogP contribution in [0.1, 0.15) is 258 Å². The van der Waals surface area contributed by atoms with E-state index in [-0.39, 0.29) is 31.1 Å². The average Bonchev–Trinajstić information content (AvgIpc) is 3.31. The minimum absolute atomic E-state index is 0.0932. The van der Waals surface area contributed by atoms with Gasteiger partial charge in [-0.3, -0.25) is 14.4 Å². The fraction of sp³-hybridized carbons (Fsp3) is 0.717. The first-order valence-corrected chi connectivity index (χ1v) is 27.6. The molecule has 0 saturated heterocycles. The third-order valence-corrected chi connectivity index (χ3v) is 11.6. The molecular weight excluding hydrogens is 817 g/mol. The summed E-state index contributed by atoms with van der Waals surface area (Å²) in [4.78, 5) is 38.1. The van der Waals surface area contributed by atoms with Crippen LogP contribution in [0.4, 0.5) is 0 Å². The highest BCUT2D eigenvalue weighted by molar-refractivity contribution is 5.71. The number of allylic oxidation sites excluding steroid dienone is 14. The molecule has 0 aromatic carbocycles. The van der Waals surface area contributed by atoms with E-state index in [4.69, 9.17) is 14.2 Å². The lowest BCUT2D eigenvalue weighted by atomic mass is 10.0. The summed E-state index contributed by atoms with van der Waals surface area (Å²) in [5.41, 5.74) is 0. The molecule has 66 heavy (non-hydrogen) atoms. The van der Waals surface area contributed by atoms with E-state index in [1.165, 1.54) is 96.3 Å². The van der Waals surface area contributed by atoms with Crippen LogP contribution in [-0.2, 0) is 28.6 Å². The Balaban J connectivity index is 4.45. The number of rotatable bonds is 49. The Morgan fingerprint density at radius 1 is 0.318 bits per heavy atom. The fourth-order valence-electron chi connectivity index (χ4n) is 7.49. The maximum atomic E-state index is 12.8. The van der Waals surface area contributed by atoms with Gasteiger partial charge in [-0.2, -0.15) is 0 Å². The van der Waals surface area contributed by atoms with Crippen LogP contribution in [0.25, 0.3) is 0 Å². The van der Waals surface area contributed by atoms with Crippen molar-refractivity contribution in [3.63, 3.8) is 0 Å². The van der Waals surface area contributed by atoms with Gasteiger partial charge >= 0.3 is 17.9 Å². The van der Waals surface area contributed by atoms with Crippen molar-refractivity contribution in [3.05, 3.63) is 85.1 Å². The van der Waals surface area contributed by atoms with E-state index in [1.54, 1.807) is 0 Å². The van der Waals surface area contributed by atoms with Gasteiger partial charge in [0.25, 0.3) is 0 Å². The maximum absolute atomic E-state index is 12.8. The lowest BCUT2D eigenvalue weighted by molar-refractivity contribution is -0.167. The largest absolute Gasteiger partial charge is 0.462 e. The first kappa shape index (κ1) is 62.6. The Bertz CT molecular complexity index is 1290. The zero-order valence-electron chi connectivity index (χ0n) is 43.2. The monoisotopic (exact) mass is 919 g/mol. The molecule has 0 amide bonds. The lowest BCUT2D eigenvalue weighted by Gasteiger charge is -2.18. The predicted molar refractivity (Wildman–Crippen MR) is 284 cm³/mol. The van der Waals surface area contributed by atoms with Gasteiger partial charge < -0.3 is 14.2 Å². The quantitative estimate of drug-likeness (QED) is 0.0262. The van der Waals surface area contributed by atoms with E-state index in [2.05, 4.69) is 106 Å². The van der Waals surface area contributed by atoms with Crippen molar-refractivity contribution >= 4 is 17.9 Å². The SMILES string of the molecule is CC/C=C/C/C=C/C/C=C/C/C=C/C/C=C/CCCCCC(=O)OC[C@@H](COC(=O)CCCCCCC/C=C/C/C=C/CCCC)OC(=O)CCCCCCCCCCCCCCCCC. The Kier molecular flexibility index (Phi) is 51.4. The smallest absolute Gasteiger partial charge is 0.306 e. The van der Waals surface area contributed by atoms with Crippen LogP contribution in [0.15, 0.2) is 85.1 Å². The van der Waals surface area contributed by atoms with Gasteiger partial charge in [-0.05, 0) is 89.9 Å². The Labute approximate surface area is 407 Å². The van der Waals surface area contributed by atoms with Crippen molar-refractivity contribution in [1.29, 1.82) is 0 Å². The van der Waals surface area contributed by atoms with E-state index in [0.717, 1.165) is 122 Å². The molecule has 0 saturated carbocycles. The standard InChI is InChI=1S/C60H102O6/c1-4-7-10-13-16-19-22-25-28-29-30-31-33-35-38-41-44-47-50-53-59(62)65-56-57(55-64-58(61)52-49-46-43-40-37-34-27-24-21-18-15-12-9-6-3)66-60(63)54-51-48-45-42-39-36-32-26-23-20-17-14-11-8-5-2/h7,10,15-16,18-19,24-25,27-28,30-31,35,38,57H,4-6,8-9,11-14,17,20-23,26,29,32-34,36-37,39-56H2,1-3H3/b10-7+,18-15+,19-16+,27-24+,28-25+,31-30+,38-35+/t57-/m1/s1. The summed E-state index contributed by atoms with van der Waals surface area (Å²) in [7, 11) is 0. The van der Waals surface area contributed by atoms with E-state index in [9.17, 15) is 14.4 Å². The van der Waals surface area contributed by atoms with Gasteiger partial charge in [0.1, 0.15) is 13.2 Å². The number of ether oxygens (including phenoxy) is 3. The molecule has 0 fully saturated rings. The first-order chi connectivity index (χ1) is 32.5. The van der Waals surface area contributed by atoms with Crippen LogP contribution < -0.4 is 0 Å². The summed E-state index contributed by atoms with van der Waals surface area (Å²) in [6.45, 7) is 6.45. The molecule has 6 nitrogen and oxygen atoms in total. The van der Waals surface area contributed by atoms with E-state index in [1.807, 2.05) is 0 Å². The van der Waals surface area contributed by atoms with E-state index in [0.29, 0.717) is 19.3 Å². The molecule has 0 aromatic rings. The van der Waals surface area contributed by atoms with Gasteiger partial charge in [0.15, 0.2) is 6.10 Å². The van der Waals surface area contributed by atoms with Gasteiger partial charge in [0.05, 0.1) is 0 Å². The molecule has 0 N–H and O–H groups in total. The second-order valence-electron chi connectivity index (χ2n) is 18.1. The van der Waals surface area contributed by atoms with Gasteiger partial charge in [0.2, 0.25) is 0 Å². The highest BCUT2D eigenvalue weighted by Crippen LogP contribution is 2.15. The predicted octanol–water partition coefficient (Wildman–Crippen LogP) is 18.4. The van der Waals surface area contributed by atoms with Gasteiger partial charge in [-0.25, -0.2) is 0 Å². The second kappa shape index (κ2) is 54.2. The van der Waals surface area contributed by atoms with Crippen molar-refractivity contribution in [3.8, 4) is 0 Å². The number of unbranched alkanes of at least 4 members (excludes halogenated alkanes) is 24. The molecule has 0 aliphatic carbocycles. The van der Waals surface area contributed by atoms with Crippen LogP contribution in [0.5, 0.6) is 0 Å². The summed E-state index contributed by atoms with van der Waals surface area (Å²) < 4.78 is 16.8. The topological polar surface area (TPSA) is 78.9 Å². The molecule has 0 aliphatic rings. The molecule has 0 aliphatic heterocycles. The van der Waals surface area contributed by atoms with Gasteiger partial charge in [-0.1, -0.05) is 234 Å².